The van der Waals surface area contributed by atoms with Crippen molar-refractivity contribution in [2.75, 3.05) is 59.0 Å². The fourth-order valence-electron chi connectivity index (χ4n) is 4.42. The number of rotatable bonds is 4. The second-order valence-corrected chi connectivity index (χ2v) is 7.86. The van der Waals surface area contributed by atoms with E-state index in [1.807, 2.05) is 0 Å². The molecule has 3 rings (SSSR count). The van der Waals surface area contributed by atoms with Crippen LogP contribution in [0.15, 0.2) is 0 Å². The highest BCUT2D eigenvalue weighted by Gasteiger charge is 2.35. The van der Waals surface area contributed by atoms with E-state index < -0.39 is 0 Å². The largest absolute Gasteiger partial charge is 0.379 e. The van der Waals surface area contributed by atoms with Crippen LogP contribution in [0.3, 0.4) is 0 Å². The number of morpholine rings is 1. The second kappa shape index (κ2) is 6.95. The van der Waals surface area contributed by atoms with Gasteiger partial charge in [0, 0.05) is 32.2 Å². The molecule has 0 radical (unpaired) electrons. The van der Waals surface area contributed by atoms with Gasteiger partial charge in [0.15, 0.2) is 0 Å². The van der Waals surface area contributed by atoms with Gasteiger partial charge in [-0.3, -0.25) is 4.90 Å². The Kier molecular flexibility index (Phi) is 5.20. The smallest absolute Gasteiger partial charge is 0.0594 e. The standard InChI is InChI=1S/C17H33N3O/c1-17(2,15-4-3-6-18-12-15)14-19-7-5-16(13-19)20-8-10-21-11-9-20/h15-16,18H,3-14H2,1-2H3. The van der Waals surface area contributed by atoms with Crippen molar-refractivity contribution in [3.8, 4) is 0 Å². The molecule has 0 saturated carbocycles. The van der Waals surface area contributed by atoms with Crippen LogP contribution in [0.4, 0.5) is 0 Å². The van der Waals surface area contributed by atoms with Gasteiger partial charge in [-0.2, -0.15) is 0 Å². The zero-order chi connectivity index (χ0) is 14.7. The van der Waals surface area contributed by atoms with E-state index in [1.165, 1.54) is 52.0 Å². The van der Waals surface area contributed by atoms with E-state index in [4.69, 9.17) is 4.74 Å². The average Bonchev–Trinajstić information content (AvgIpc) is 2.97. The van der Waals surface area contributed by atoms with E-state index in [0.29, 0.717) is 5.41 Å². The lowest BCUT2D eigenvalue weighted by molar-refractivity contribution is 0.0170. The van der Waals surface area contributed by atoms with Crippen LogP contribution in [-0.4, -0.2) is 74.9 Å². The number of nitrogens with one attached hydrogen (secondary N) is 1. The molecule has 122 valence electrons. The van der Waals surface area contributed by atoms with Crippen molar-refractivity contribution in [1.82, 2.24) is 15.1 Å². The number of hydrogen-bond acceptors (Lipinski definition) is 4. The van der Waals surface area contributed by atoms with E-state index in [0.717, 1.165) is 38.3 Å². The Morgan fingerprint density at radius 2 is 1.95 bits per heavy atom. The lowest BCUT2D eigenvalue weighted by atomic mass is 9.74. The summed E-state index contributed by atoms with van der Waals surface area (Å²) in [6.45, 7) is 15.3. The van der Waals surface area contributed by atoms with Gasteiger partial charge >= 0.3 is 0 Å². The zero-order valence-corrected chi connectivity index (χ0v) is 13.9. The predicted octanol–water partition coefficient (Wildman–Crippen LogP) is 1.42. The van der Waals surface area contributed by atoms with Gasteiger partial charge in [0.25, 0.3) is 0 Å². The van der Waals surface area contributed by atoms with Crippen molar-refractivity contribution in [1.29, 1.82) is 0 Å². The minimum Gasteiger partial charge on any atom is -0.379 e. The van der Waals surface area contributed by atoms with Crippen molar-refractivity contribution in [2.24, 2.45) is 11.3 Å². The summed E-state index contributed by atoms with van der Waals surface area (Å²) in [4.78, 5) is 5.37. The summed E-state index contributed by atoms with van der Waals surface area (Å²) in [7, 11) is 0. The molecule has 0 aromatic heterocycles. The normalized spacial score (nSPS) is 33.4. The SMILES string of the molecule is CC(C)(CN1CCC(N2CCOCC2)C1)C1CCCNC1. The number of piperidine rings is 1. The maximum Gasteiger partial charge on any atom is 0.0594 e. The summed E-state index contributed by atoms with van der Waals surface area (Å²) in [5, 5.41) is 3.59. The maximum absolute atomic E-state index is 5.48. The molecule has 2 atom stereocenters. The monoisotopic (exact) mass is 295 g/mol. The summed E-state index contributed by atoms with van der Waals surface area (Å²) in [6, 6.07) is 0.772. The van der Waals surface area contributed by atoms with Crippen molar-refractivity contribution < 1.29 is 4.74 Å². The van der Waals surface area contributed by atoms with Crippen LogP contribution in [0, 0.1) is 11.3 Å². The minimum atomic E-state index is 0.438. The number of likely N-dealkylation sites (tertiary alicyclic amines) is 1. The van der Waals surface area contributed by atoms with Gasteiger partial charge in [-0.05, 0) is 50.2 Å². The van der Waals surface area contributed by atoms with Gasteiger partial charge < -0.3 is 15.0 Å². The van der Waals surface area contributed by atoms with Crippen LogP contribution in [0.5, 0.6) is 0 Å². The molecule has 2 unspecified atom stereocenters. The Bertz CT molecular complexity index is 322. The fraction of sp³-hybridized carbons (Fsp3) is 1.00. The highest BCUT2D eigenvalue weighted by Crippen LogP contribution is 2.33. The molecule has 3 aliphatic rings. The average molecular weight is 295 g/mol. The van der Waals surface area contributed by atoms with Crippen molar-refractivity contribution in [3.05, 3.63) is 0 Å². The molecule has 3 fully saturated rings. The van der Waals surface area contributed by atoms with Crippen LogP contribution in [0.25, 0.3) is 0 Å². The minimum absolute atomic E-state index is 0.438. The predicted molar refractivity (Wildman–Crippen MR) is 86.6 cm³/mol. The van der Waals surface area contributed by atoms with Crippen LogP contribution in [0.2, 0.25) is 0 Å². The van der Waals surface area contributed by atoms with Crippen LogP contribution in [0.1, 0.15) is 33.1 Å². The Labute approximate surface area is 130 Å². The topological polar surface area (TPSA) is 27.7 Å². The highest BCUT2D eigenvalue weighted by atomic mass is 16.5. The summed E-state index contributed by atoms with van der Waals surface area (Å²) in [6.07, 6.45) is 4.10. The van der Waals surface area contributed by atoms with Crippen molar-refractivity contribution in [2.45, 2.75) is 39.2 Å². The fourth-order valence-corrected chi connectivity index (χ4v) is 4.42. The molecule has 0 aliphatic carbocycles. The van der Waals surface area contributed by atoms with Gasteiger partial charge in [-0.15, -0.1) is 0 Å². The third-order valence-electron chi connectivity index (χ3n) is 5.84. The lowest BCUT2D eigenvalue weighted by Gasteiger charge is -2.40. The van der Waals surface area contributed by atoms with E-state index in [9.17, 15) is 0 Å². The van der Waals surface area contributed by atoms with E-state index in [2.05, 4.69) is 29.0 Å². The lowest BCUT2D eigenvalue weighted by Crippen LogP contribution is -2.47. The number of ether oxygens (including phenoxy) is 1. The van der Waals surface area contributed by atoms with E-state index >= 15 is 0 Å². The zero-order valence-electron chi connectivity index (χ0n) is 13.9. The molecule has 3 saturated heterocycles. The Morgan fingerprint density at radius 1 is 1.14 bits per heavy atom. The summed E-state index contributed by atoms with van der Waals surface area (Å²) in [5.74, 6) is 0.841. The summed E-state index contributed by atoms with van der Waals surface area (Å²) >= 11 is 0. The summed E-state index contributed by atoms with van der Waals surface area (Å²) in [5.41, 5.74) is 0.438. The Hall–Kier alpha value is -0.160. The first kappa shape index (κ1) is 15.7. The molecule has 21 heavy (non-hydrogen) atoms. The Balaban J connectivity index is 1.49. The van der Waals surface area contributed by atoms with Crippen LogP contribution in [-0.2, 0) is 4.74 Å². The van der Waals surface area contributed by atoms with Crippen molar-refractivity contribution in [3.63, 3.8) is 0 Å². The first-order chi connectivity index (χ1) is 10.1. The molecule has 0 aromatic carbocycles. The van der Waals surface area contributed by atoms with Gasteiger partial charge in [0.05, 0.1) is 13.2 Å². The quantitative estimate of drug-likeness (QED) is 0.849. The molecule has 0 aromatic rings. The molecule has 3 aliphatic heterocycles. The molecule has 1 N–H and O–H groups in total. The third-order valence-corrected chi connectivity index (χ3v) is 5.84. The number of hydrogen-bond donors (Lipinski definition) is 1. The number of nitrogens with zero attached hydrogens (tertiary/aromatic N) is 2. The molecular weight excluding hydrogens is 262 g/mol. The molecular formula is C17H33N3O. The first-order valence-corrected chi connectivity index (χ1v) is 8.90. The van der Waals surface area contributed by atoms with Gasteiger partial charge in [-0.25, -0.2) is 0 Å². The molecule has 0 spiro atoms. The van der Waals surface area contributed by atoms with Crippen LogP contribution < -0.4 is 5.32 Å². The first-order valence-electron chi connectivity index (χ1n) is 8.90. The third kappa shape index (κ3) is 3.98. The molecule has 4 heteroatoms. The highest BCUT2D eigenvalue weighted by molar-refractivity contribution is 4.90. The Morgan fingerprint density at radius 3 is 2.67 bits per heavy atom. The molecule has 0 amide bonds. The van der Waals surface area contributed by atoms with Gasteiger partial charge in [0.2, 0.25) is 0 Å². The molecule has 0 bridgehead atoms. The van der Waals surface area contributed by atoms with Gasteiger partial charge in [0.1, 0.15) is 0 Å². The second-order valence-electron chi connectivity index (χ2n) is 7.86. The molecule has 4 nitrogen and oxygen atoms in total. The maximum atomic E-state index is 5.48. The van der Waals surface area contributed by atoms with Gasteiger partial charge in [-0.1, -0.05) is 13.8 Å². The van der Waals surface area contributed by atoms with Crippen molar-refractivity contribution >= 4 is 0 Å². The van der Waals surface area contributed by atoms with E-state index in [-0.39, 0.29) is 0 Å². The van der Waals surface area contributed by atoms with E-state index in [1.54, 1.807) is 0 Å². The molecule has 3 heterocycles. The van der Waals surface area contributed by atoms with Crippen LogP contribution >= 0.6 is 0 Å². The summed E-state index contributed by atoms with van der Waals surface area (Å²) < 4.78 is 5.48.